The van der Waals surface area contributed by atoms with Crippen molar-refractivity contribution < 1.29 is 12.8 Å². The van der Waals surface area contributed by atoms with Crippen LogP contribution in [0.15, 0.2) is 17.0 Å². The zero-order valence-corrected chi connectivity index (χ0v) is 13.3. The van der Waals surface area contributed by atoms with Gasteiger partial charge in [0.25, 0.3) is 0 Å². The summed E-state index contributed by atoms with van der Waals surface area (Å²) in [4.78, 5) is 1.60. The van der Waals surface area contributed by atoms with E-state index in [1.807, 2.05) is 7.05 Å². The van der Waals surface area contributed by atoms with E-state index < -0.39 is 20.7 Å². The number of sulfonamides is 1. The smallest absolute Gasteiger partial charge is 0.243 e. The number of likely N-dealkylation sites (N-methyl/N-ethyl adjacent to an activating group) is 1. The second-order valence-corrected chi connectivity index (χ2v) is 7.44. The van der Waals surface area contributed by atoms with E-state index in [1.54, 1.807) is 0 Å². The van der Waals surface area contributed by atoms with E-state index >= 15 is 0 Å². The van der Waals surface area contributed by atoms with Gasteiger partial charge in [0.05, 0.1) is 5.02 Å². The fraction of sp³-hybridized carbons (Fsp3) is 0.538. The van der Waals surface area contributed by atoms with Crippen LogP contribution in [0.5, 0.6) is 0 Å². The van der Waals surface area contributed by atoms with Gasteiger partial charge in [-0.1, -0.05) is 18.0 Å². The molecule has 1 aromatic rings. The van der Waals surface area contributed by atoms with Gasteiger partial charge < -0.3 is 10.6 Å². The molecule has 0 spiro atoms. The standard InChI is InChI=1S/C13H19ClFN3O2S/c1-18-5-3-2-4-10(18)8-17-21(19,20)12-7-9(16)6-11(14)13(12)15/h6-7,10,17H,2-5,8,16H2,1H3. The molecule has 1 unspecified atom stereocenters. The van der Waals surface area contributed by atoms with Crippen LogP contribution < -0.4 is 10.5 Å². The Kier molecular flexibility index (Phi) is 5.08. The average Bonchev–Trinajstić information content (AvgIpc) is 2.42. The van der Waals surface area contributed by atoms with Crippen LogP contribution in [0.2, 0.25) is 5.02 Å². The van der Waals surface area contributed by atoms with Gasteiger partial charge in [0.15, 0.2) is 5.82 Å². The van der Waals surface area contributed by atoms with Gasteiger partial charge in [-0.25, -0.2) is 17.5 Å². The minimum absolute atomic E-state index is 0.108. The van der Waals surface area contributed by atoms with Gasteiger partial charge in [-0.2, -0.15) is 0 Å². The summed E-state index contributed by atoms with van der Waals surface area (Å²) in [5, 5.41) is -0.301. The predicted molar refractivity (Wildman–Crippen MR) is 81.3 cm³/mol. The van der Waals surface area contributed by atoms with Crippen molar-refractivity contribution in [3.8, 4) is 0 Å². The highest BCUT2D eigenvalue weighted by molar-refractivity contribution is 7.89. The first-order valence-electron chi connectivity index (χ1n) is 6.75. The Labute approximate surface area is 129 Å². The Hall–Kier alpha value is -0.890. The number of likely N-dealkylation sites (tertiary alicyclic amines) is 1. The summed E-state index contributed by atoms with van der Waals surface area (Å²) in [5.41, 5.74) is 5.64. The lowest BCUT2D eigenvalue weighted by Gasteiger charge is -2.32. The molecule has 1 aliphatic heterocycles. The first-order valence-corrected chi connectivity index (χ1v) is 8.62. The van der Waals surface area contributed by atoms with E-state index in [-0.39, 0.29) is 23.3 Å². The van der Waals surface area contributed by atoms with Crippen molar-refractivity contribution in [1.82, 2.24) is 9.62 Å². The molecule has 21 heavy (non-hydrogen) atoms. The molecule has 5 nitrogen and oxygen atoms in total. The maximum Gasteiger partial charge on any atom is 0.243 e. The molecule has 1 fully saturated rings. The first-order chi connectivity index (χ1) is 9.81. The van der Waals surface area contributed by atoms with Gasteiger partial charge in [0, 0.05) is 18.3 Å². The number of nitrogens with two attached hydrogens (primary N) is 1. The highest BCUT2D eigenvalue weighted by Gasteiger charge is 2.25. The lowest BCUT2D eigenvalue weighted by Crippen LogP contribution is -2.44. The molecule has 0 aliphatic carbocycles. The number of halogens is 2. The summed E-state index contributed by atoms with van der Waals surface area (Å²) < 4.78 is 40.8. The largest absolute Gasteiger partial charge is 0.399 e. The maximum absolute atomic E-state index is 13.9. The Bertz CT molecular complexity index is 624. The van der Waals surface area contributed by atoms with Crippen LogP contribution in [-0.4, -0.2) is 39.5 Å². The van der Waals surface area contributed by atoms with Crippen LogP contribution in [0.4, 0.5) is 10.1 Å². The molecule has 0 saturated carbocycles. The van der Waals surface area contributed by atoms with Crippen molar-refractivity contribution in [1.29, 1.82) is 0 Å². The number of nitrogens with one attached hydrogen (secondary N) is 1. The summed E-state index contributed by atoms with van der Waals surface area (Å²) in [6, 6.07) is 2.38. The average molecular weight is 336 g/mol. The first kappa shape index (κ1) is 16.5. The monoisotopic (exact) mass is 335 g/mol. The normalized spacial score (nSPS) is 20.6. The molecular formula is C13H19ClFN3O2S. The van der Waals surface area contributed by atoms with Crippen molar-refractivity contribution in [3.63, 3.8) is 0 Å². The lowest BCUT2D eigenvalue weighted by molar-refractivity contribution is 0.187. The number of hydrogen-bond acceptors (Lipinski definition) is 4. The summed E-state index contributed by atoms with van der Waals surface area (Å²) in [5.74, 6) is -0.977. The van der Waals surface area contributed by atoms with Gasteiger partial charge in [0.2, 0.25) is 10.0 Å². The molecule has 8 heteroatoms. The molecular weight excluding hydrogens is 317 g/mol. The molecule has 0 bridgehead atoms. The molecule has 3 N–H and O–H groups in total. The second-order valence-electron chi connectivity index (χ2n) is 5.30. The van der Waals surface area contributed by atoms with E-state index in [1.165, 1.54) is 6.07 Å². The third-order valence-electron chi connectivity index (χ3n) is 3.74. The summed E-state index contributed by atoms with van der Waals surface area (Å²) >= 11 is 5.64. The van der Waals surface area contributed by atoms with Gasteiger partial charge in [-0.3, -0.25) is 0 Å². The van der Waals surface area contributed by atoms with Crippen molar-refractivity contribution in [2.45, 2.75) is 30.2 Å². The fourth-order valence-corrected chi connectivity index (χ4v) is 3.95. The van der Waals surface area contributed by atoms with E-state index in [0.29, 0.717) is 0 Å². The minimum atomic E-state index is -3.97. The van der Waals surface area contributed by atoms with Crippen molar-refractivity contribution in [2.75, 3.05) is 25.9 Å². The quantitative estimate of drug-likeness (QED) is 0.823. The van der Waals surface area contributed by atoms with Crippen molar-refractivity contribution in [3.05, 3.63) is 23.0 Å². The number of anilines is 1. The molecule has 2 rings (SSSR count). The van der Waals surface area contributed by atoms with Crippen LogP contribution in [-0.2, 0) is 10.0 Å². The molecule has 1 heterocycles. The number of benzene rings is 1. The number of hydrogen-bond donors (Lipinski definition) is 2. The molecule has 0 amide bonds. The Morgan fingerprint density at radius 2 is 2.19 bits per heavy atom. The molecule has 1 aromatic carbocycles. The molecule has 1 atom stereocenters. The highest BCUT2D eigenvalue weighted by Crippen LogP contribution is 2.25. The molecule has 0 aromatic heterocycles. The van der Waals surface area contributed by atoms with Gasteiger partial charge in [-0.15, -0.1) is 0 Å². The summed E-state index contributed by atoms with van der Waals surface area (Å²) in [6.45, 7) is 1.18. The van der Waals surface area contributed by atoms with E-state index in [2.05, 4.69) is 9.62 Å². The Morgan fingerprint density at radius 3 is 2.86 bits per heavy atom. The van der Waals surface area contributed by atoms with E-state index in [4.69, 9.17) is 17.3 Å². The predicted octanol–water partition coefficient (Wildman–Crippen LogP) is 1.82. The van der Waals surface area contributed by atoms with Gasteiger partial charge in [0.1, 0.15) is 4.90 Å². The zero-order chi connectivity index (χ0) is 15.6. The summed E-state index contributed by atoms with van der Waals surface area (Å²) in [6.07, 6.45) is 3.09. The number of piperidine rings is 1. The topological polar surface area (TPSA) is 75.4 Å². The Morgan fingerprint density at radius 1 is 1.48 bits per heavy atom. The fourth-order valence-electron chi connectivity index (χ4n) is 2.47. The lowest BCUT2D eigenvalue weighted by atomic mass is 10.0. The second kappa shape index (κ2) is 6.48. The third-order valence-corrected chi connectivity index (χ3v) is 5.44. The third kappa shape index (κ3) is 3.85. The van der Waals surface area contributed by atoms with E-state index in [9.17, 15) is 12.8 Å². The van der Waals surface area contributed by atoms with Crippen LogP contribution in [0.3, 0.4) is 0 Å². The minimum Gasteiger partial charge on any atom is -0.399 e. The molecule has 0 radical (unpaired) electrons. The summed E-state index contributed by atoms with van der Waals surface area (Å²) in [7, 11) is -2.02. The molecule has 1 aliphatic rings. The van der Waals surface area contributed by atoms with Crippen LogP contribution >= 0.6 is 11.6 Å². The maximum atomic E-state index is 13.9. The van der Waals surface area contributed by atoms with Crippen molar-refractivity contribution in [2.24, 2.45) is 0 Å². The van der Waals surface area contributed by atoms with E-state index in [0.717, 1.165) is 31.9 Å². The van der Waals surface area contributed by atoms with Crippen LogP contribution in [0.25, 0.3) is 0 Å². The Balaban J connectivity index is 2.15. The van der Waals surface area contributed by atoms with Crippen molar-refractivity contribution >= 4 is 27.3 Å². The zero-order valence-electron chi connectivity index (χ0n) is 11.8. The number of nitrogens with zero attached hydrogens (tertiary/aromatic N) is 1. The SMILES string of the molecule is CN1CCCCC1CNS(=O)(=O)c1cc(N)cc(Cl)c1F. The van der Waals surface area contributed by atoms with Crippen LogP contribution in [0.1, 0.15) is 19.3 Å². The van der Waals surface area contributed by atoms with Crippen LogP contribution in [0, 0.1) is 5.82 Å². The molecule has 1 saturated heterocycles. The highest BCUT2D eigenvalue weighted by atomic mass is 35.5. The number of nitrogen functional groups attached to an aromatic ring is 1. The van der Waals surface area contributed by atoms with Gasteiger partial charge in [-0.05, 0) is 38.6 Å². The van der Waals surface area contributed by atoms with Gasteiger partial charge >= 0.3 is 0 Å². The number of rotatable bonds is 4. The molecule has 118 valence electrons.